The monoisotopic (exact) mass is 356 g/mol. The maximum atomic E-state index is 12.3. The molecule has 0 unspecified atom stereocenters. The van der Waals surface area contributed by atoms with Gasteiger partial charge in [-0.25, -0.2) is 4.79 Å². The predicted octanol–water partition coefficient (Wildman–Crippen LogP) is 2.65. The van der Waals surface area contributed by atoms with Crippen molar-refractivity contribution in [3.05, 3.63) is 35.4 Å². The van der Waals surface area contributed by atoms with Crippen LogP contribution in [-0.4, -0.2) is 43.6 Å². The fourth-order valence-electron chi connectivity index (χ4n) is 3.17. The minimum Gasteiger partial charge on any atom is -0.497 e. The highest BCUT2D eigenvalue weighted by molar-refractivity contribution is 5.98. The molecule has 2 rings (SSSR count). The third kappa shape index (κ3) is 5.35. The third-order valence-corrected chi connectivity index (χ3v) is 4.32. The van der Waals surface area contributed by atoms with Gasteiger partial charge in [0.2, 0.25) is 0 Å². The number of piperidine rings is 1. The largest absolute Gasteiger partial charge is 0.497 e. The van der Waals surface area contributed by atoms with Crippen molar-refractivity contribution in [3.8, 4) is 11.8 Å². The number of methoxy groups -OCH3 is 1. The number of carbonyl (C=O) groups excluding carboxylic acids is 2. The Morgan fingerprint density at radius 1 is 1.23 bits per heavy atom. The maximum absolute atomic E-state index is 12.3. The predicted molar refractivity (Wildman–Crippen MR) is 97.1 cm³/mol. The second-order valence-corrected chi connectivity index (χ2v) is 6.76. The zero-order chi connectivity index (χ0) is 19.1. The highest BCUT2D eigenvalue weighted by Gasteiger charge is 2.26. The quantitative estimate of drug-likeness (QED) is 0.460. The molecule has 0 N–H and O–H groups in total. The van der Waals surface area contributed by atoms with E-state index in [0.717, 1.165) is 6.42 Å². The summed E-state index contributed by atoms with van der Waals surface area (Å²) in [6, 6.07) is 8.74. The molecule has 26 heavy (non-hydrogen) atoms. The lowest BCUT2D eigenvalue weighted by molar-refractivity contribution is -0.149. The van der Waals surface area contributed by atoms with E-state index in [2.05, 4.69) is 13.8 Å². The summed E-state index contributed by atoms with van der Waals surface area (Å²) in [5.41, 5.74) is 0.521. The van der Waals surface area contributed by atoms with E-state index < -0.39 is 5.97 Å². The summed E-state index contributed by atoms with van der Waals surface area (Å²) >= 11 is 0. The number of hydrogen-bond donors (Lipinski definition) is 0. The van der Waals surface area contributed by atoms with Crippen molar-refractivity contribution in [3.63, 3.8) is 0 Å². The Hall–Kier alpha value is -2.81. The summed E-state index contributed by atoms with van der Waals surface area (Å²) in [6.45, 7) is 5.21. The summed E-state index contributed by atoms with van der Waals surface area (Å²) < 4.78 is 10.1. The maximum Gasteiger partial charge on any atom is 0.349 e. The topological polar surface area (TPSA) is 79.6 Å². The van der Waals surface area contributed by atoms with Crippen molar-refractivity contribution in [2.24, 2.45) is 11.8 Å². The van der Waals surface area contributed by atoms with Crippen LogP contribution >= 0.6 is 0 Å². The van der Waals surface area contributed by atoms with E-state index in [1.807, 2.05) is 6.07 Å². The van der Waals surface area contributed by atoms with E-state index in [-0.39, 0.29) is 18.1 Å². The molecule has 0 bridgehead atoms. The van der Waals surface area contributed by atoms with Gasteiger partial charge in [-0.1, -0.05) is 26.0 Å². The molecule has 1 amide bonds. The van der Waals surface area contributed by atoms with Crippen LogP contribution in [0.15, 0.2) is 29.8 Å². The Bertz CT molecular complexity index is 708. The molecular formula is C20H24N2O4. The second kappa shape index (κ2) is 9.04. The second-order valence-electron chi connectivity index (χ2n) is 6.76. The van der Waals surface area contributed by atoms with Crippen molar-refractivity contribution in [2.75, 3.05) is 26.8 Å². The van der Waals surface area contributed by atoms with Crippen LogP contribution in [0.1, 0.15) is 25.8 Å². The average molecular weight is 356 g/mol. The van der Waals surface area contributed by atoms with E-state index in [4.69, 9.17) is 9.47 Å². The summed E-state index contributed by atoms with van der Waals surface area (Å²) in [5, 5.41) is 9.20. The molecule has 0 radical (unpaired) electrons. The molecule has 2 atom stereocenters. The first-order chi connectivity index (χ1) is 12.4. The van der Waals surface area contributed by atoms with Gasteiger partial charge in [0.05, 0.1) is 7.11 Å². The zero-order valence-corrected chi connectivity index (χ0v) is 15.4. The first kappa shape index (κ1) is 19.5. The first-order valence-corrected chi connectivity index (χ1v) is 8.63. The van der Waals surface area contributed by atoms with E-state index in [9.17, 15) is 14.9 Å². The number of nitrogens with zero attached hydrogens (tertiary/aromatic N) is 2. The molecule has 1 fully saturated rings. The molecule has 1 aliphatic heterocycles. The molecule has 0 saturated carbocycles. The molecule has 1 saturated heterocycles. The van der Waals surface area contributed by atoms with Gasteiger partial charge in [0, 0.05) is 13.1 Å². The van der Waals surface area contributed by atoms with Crippen molar-refractivity contribution >= 4 is 18.0 Å². The van der Waals surface area contributed by atoms with Gasteiger partial charge in [0.1, 0.15) is 17.4 Å². The number of hydrogen-bond acceptors (Lipinski definition) is 5. The highest BCUT2D eigenvalue weighted by atomic mass is 16.5. The van der Waals surface area contributed by atoms with Crippen LogP contribution in [0.4, 0.5) is 0 Å². The number of amides is 1. The minimum atomic E-state index is -0.797. The minimum absolute atomic E-state index is 0.150. The normalized spacial score (nSPS) is 20.2. The lowest BCUT2D eigenvalue weighted by atomic mass is 9.92. The van der Waals surface area contributed by atoms with E-state index in [1.165, 1.54) is 6.08 Å². The average Bonchev–Trinajstić information content (AvgIpc) is 2.63. The van der Waals surface area contributed by atoms with Gasteiger partial charge in [-0.05, 0) is 42.0 Å². The summed E-state index contributed by atoms with van der Waals surface area (Å²) in [7, 11) is 1.56. The number of benzene rings is 1. The standard InChI is InChI=1S/C20H24N2O4/c1-14-8-15(2)12-22(11-14)19(23)13-26-20(24)17(10-21)9-16-4-6-18(25-3)7-5-16/h4-7,9,14-15H,8,11-13H2,1-3H3/b17-9+/t14-,15+. The molecule has 1 aliphatic rings. The Labute approximate surface area is 154 Å². The molecule has 6 heteroatoms. The van der Waals surface area contributed by atoms with Crippen LogP contribution in [0.5, 0.6) is 5.75 Å². The molecular weight excluding hydrogens is 332 g/mol. The number of rotatable bonds is 5. The van der Waals surface area contributed by atoms with Crippen LogP contribution in [-0.2, 0) is 14.3 Å². The van der Waals surface area contributed by atoms with Gasteiger partial charge in [-0.2, -0.15) is 5.26 Å². The van der Waals surface area contributed by atoms with Crippen LogP contribution in [0.2, 0.25) is 0 Å². The number of carbonyl (C=O) groups is 2. The zero-order valence-electron chi connectivity index (χ0n) is 15.4. The Morgan fingerprint density at radius 3 is 2.38 bits per heavy atom. The smallest absolute Gasteiger partial charge is 0.349 e. The van der Waals surface area contributed by atoms with Gasteiger partial charge in [0.25, 0.3) is 5.91 Å². The van der Waals surface area contributed by atoms with Crippen LogP contribution < -0.4 is 4.74 Å². The molecule has 138 valence electrons. The van der Waals surface area contributed by atoms with Crippen molar-refractivity contribution in [1.82, 2.24) is 4.90 Å². The molecule has 1 aromatic carbocycles. The molecule has 1 aromatic rings. The third-order valence-electron chi connectivity index (χ3n) is 4.32. The van der Waals surface area contributed by atoms with Crippen molar-refractivity contribution < 1.29 is 19.1 Å². The highest BCUT2D eigenvalue weighted by Crippen LogP contribution is 2.21. The molecule has 0 spiro atoms. The number of esters is 1. The van der Waals surface area contributed by atoms with E-state index in [0.29, 0.717) is 36.2 Å². The SMILES string of the molecule is COc1ccc(/C=C(\C#N)C(=O)OCC(=O)N2C[C@H](C)C[C@H](C)C2)cc1. The van der Waals surface area contributed by atoms with Gasteiger partial charge < -0.3 is 14.4 Å². The number of likely N-dealkylation sites (tertiary alicyclic amines) is 1. The van der Waals surface area contributed by atoms with Crippen LogP contribution in [0, 0.1) is 23.2 Å². The fourth-order valence-corrected chi connectivity index (χ4v) is 3.17. The van der Waals surface area contributed by atoms with Gasteiger partial charge >= 0.3 is 5.97 Å². The molecule has 1 heterocycles. The summed E-state index contributed by atoms with van der Waals surface area (Å²) in [6.07, 6.45) is 2.52. The lowest BCUT2D eigenvalue weighted by Crippen LogP contribution is -2.44. The van der Waals surface area contributed by atoms with E-state index >= 15 is 0 Å². The fraction of sp³-hybridized carbons (Fsp3) is 0.450. The Morgan fingerprint density at radius 2 is 1.85 bits per heavy atom. The van der Waals surface area contributed by atoms with Gasteiger partial charge in [0.15, 0.2) is 6.61 Å². The van der Waals surface area contributed by atoms with Gasteiger partial charge in [-0.15, -0.1) is 0 Å². The van der Waals surface area contributed by atoms with Crippen LogP contribution in [0.25, 0.3) is 6.08 Å². The molecule has 0 aliphatic carbocycles. The number of nitriles is 1. The van der Waals surface area contributed by atoms with Crippen LogP contribution in [0.3, 0.4) is 0 Å². The summed E-state index contributed by atoms with van der Waals surface area (Å²) in [4.78, 5) is 26.1. The summed E-state index contributed by atoms with van der Waals surface area (Å²) in [5.74, 6) is 0.526. The Kier molecular flexibility index (Phi) is 6.79. The number of ether oxygens (including phenoxy) is 2. The molecule has 6 nitrogen and oxygen atoms in total. The lowest BCUT2D eigenvalue weighted by Gasteiger charge is -2.34. The van der Waals surface area contributed by atoms with E-state index in [1.54, 1.807) is 36.3 Å². The Balaban J connectivity index is 1.95. The molecule has 0 aromatic heterocycles. The van der Waals surface area contributed by atoms with Crippen molar-refractivity contribution in [2.45, 2.75) is 20.3 Å². The first-order valence-electron chi connectivity index (χ1n) is 8.63. The van der Waals surface area contributed by atoms with Gasteiger partial charge in [-0.3, -0.25) is 4.79 Å². The van der Waals surface area contributed by atoms with Crippen molar-refractivity contribution in [1.29, 1.82) is 5.26 Å².